The molecule has 1 atom stereocenters. The molecule has 0 saturated carbocycles. The third-order valence-corrected chi connectivity index (χ3v) is 4.36. The Morgan fingerprint density at radius 3 is 2.90 bits per heavy atom. The van der Waals surface area contributed by atoms with E-state index in [1.54, 1.807) is 7.11 Å². The number of hydrogen-bond acceptors (Lipinski definition) is 3. The molecule has 1 saturated heterocycles. The molecular formula is C18H22N2O. The standard InChI is InChI=1S/C18H22N2O/c1-14-15(6-5-10-19-14)12-20-11-9-16(13-20)17-7-3-4-8-18(17)21-2/h3-8,10,16H,9,11-13H2,1-2H3/t16-/m0/s1. The first kappa shape index (κ1) is 14.1. The van der Waals surface area contributed by atoms with Gasteiger partial charge in [-0.05, 0) is 43.1 Å². The fourth-order valence-corrected chi connectivity index (χ4v) is 3.16. The van der Waals surface area contributed by atoms with Gasteiger partial charge in [0.1, 0.15) is 5.75 Å². The van der Waals surface area contributed by atoms with Crippen LogP contribution in [-0.2, 0) is 6.54 Å². The van der Waals surface area contributed by atoms with Crippen LogP contribution in [0, 0.1) is 6.92 Å². The van der Waals surface area contributed by atoms with Crippen molar-refractivity contribution in [3.8, 4) is 5.75 Å². The van der Waals surface area contributed by atoms with Crippen LogP contribution in [0.5, 0.6) is 5.75 Å². The van der Waals surface area contributed by atoms with Crippen LogP contribution in [0.15, 0.2) is 42.6 Å². The van der Waals surface area contributed by atoms with Crippen LogP contribution in [-0.4, -0.2) is 30.1 Å². The first-order valence-electron chi connectivity index (χ1n) is 7.53. The third kappa shape index (κ3) is 3.08. The van der Waals surface area contributed by atoms with E-state index in [4.69, 9.17) is 4.74 Å². The molecule has 3 nitrogen and oxygen atoms in total. The Hall–Kier alpha value is -1.87. The van der Waals surface area contributed by atoms with Gasteiger partial charge >= 0.3 is 0 Å². The molecule has 0 bridgehead atoms. The highest BCUT2D eigenvalue weighted by atomic mass is 16.5. The van der Waals surface area contributed by atoms with Crippen LogP contribution in [0.4, 0.5) is 0 Å². The van der Waals surface area contributed by atoms with Gasteiger partial charge in [0.05, 0.1) is 7.11 Å². The lowest BCUT2D eigenvalue weighted by Gasteiger charge is -2.18. The number of aryl methyl sites for hydroxylation is 1. The molecule has 3 rings (SSSR count). The molecule has 1 fully saturated rings. The lowest BCUT2D eigenvalue weighted by molar-refractivity contribution is 0.324. The van der Waals surface area contributed by atoms with E-state index in [1.807, 2.05) is 18.3 Å². The summed E-state index contributed by atoms with van der Waals surface area (Å²) in [6, 6.07) is 12.6. The van der Waals surface area contributed by atoms with E-state index >= 15 is 0 Å². The minimum absolute atomic E-state index is 0.568. The fourth-order valence-electron chi connectivity index (χ4n) is 3.16. The van der Waals surface area contributed by atoms with E-state index in [9.17, 15) is 0 Å². The summed E-state index contributed by atoms with van der Waals surface area (Å²) in [5.41, 5.74) is 3.81. The molecule has 1 aromatic carbocycles. The van der Waals surface area contributed by atoms with Crippen LogP contribution in [0.2, 0.25) is 0 Å². The second-order valence-electron chi connectivity index (χ2n) is 5.71. The van der Waals surface area contributed by atoms with Gasteiger partial charge in [-0.1, -0.05) is 24.3 Å². The van der Waals surface area contributed by atoms with Crippen molar-refractivity contribution in [3.63, 3.8) is 0 Å². The van der Waals surface area contributed by atoms with Gasteiger partial charge in [-0.2, -0.15) is 0 Å². The normalized spacial score (nSPS) is 18.9. The Morgan fingerprint density at radius 1 is 1.24 bits per heavy atom. The molecule has 110 valence electrons. The maximum Gasteiger partial charge on any atom is 0.122 e. The zero-order valence-corrected chi connectivity index (χ0v) is 12.7. The molecule has 0 radical (unpaired) electrons. The molecule has 2 aromatic rings. The number of methoxy groups -OCH3 is 1. The van der Waals surface area contributed by atoms with Gasteiger partial charge in [0.2, 0.25) is 0 Å². The van der Waals surface area contributed by atoms with E-state index < -0.39 is 0 Å². The fraction of sp³-hybridized carbons (Fsp3) is 0.389. The molecule has 21 heavy (non-hydrogen) atoms. The molecule has 0 N–H and O–H groups in total. The predicted octanol–water partition coefficient (Wildman–Crippen LogP) is 3.39. The van der Waals surface area contributed by atoms with Crippen molar-refractivity contribution in [2.45, 2.75) is 25.8 Å². The van der Waals surface area contributed by atoms with Gasteiger partial charge in [-0.3, -0.25) is 9.88 Å². The third-order valence-electron chi connectivity index (χ3n) is 4.36. The van der Waals surface area contributed by atoms with E-state index in [2.05, 4.69) is 41.1 Å². The van der Waals surface area contributed by atoms with E-state index in [1.165, 1.54) is 17.5 Å². The van der Waals surface area contributed by atoms with Crippen LogP contribution in [0.3, 0.4) is 0 Å². The summed E-state index contributed by atoms with van der Waals surface area (Å²) in [7, 11) is 1.75. The molecule has 0 amide bonds. The van der Waals surface area contributed by atoms with Crippen molar-refractivity contribution >= 4 is 0 Å². The second-order valence-corrected chi connectivity index (χ2v) is 5.71. The maximum absolute atomic E-state index is 5.50. The largest absolute Gasteiger partial charge is 0.496 e. The topological polar surface area (TPSA) is 25.4 Å². The van der Waals surface area contributed by atoms with E-state index in [0.717, 1.165) is 31.1 Å². The number of ether oxygens (including phenoxy) is 1. The molecule has 1 aromatic heterocycles. The van der Waals surface area contributed by atoms with Crippen LogP contribution in [0.1, 0.15) is 29.2 Å². The van der Waals surface area contributed by atoms with Gasteiger partial charge in [0.15, 0.2) is 0 Å². The Bertz CT molecular complexity index is 612. The quantitative estimate of drug-likeness (QED) is 0.859. The number of para-hydroxylation sites is 1. The second kappa shape index (κ2) is 6.27. The van der Waals surface area contributed by atoms with Crippen molar-refractivity contribution in [3.05, 3.63) is 59.4 Å². The number of nitrogens with zero attached hydrogens (tertiary/aromatic N) is 2. The Balaban J connectivity index is 1.70. The van der Waals surface area contributed by atoms with Gasteiger partial charge < -0.3 is 4.74 Å². The van der Waals surface area contributed by atoms with Gasteiger partial charge in [0.25, 0.3) is 0 Å². The van der Waals surface area contributed by atoms with Gasteiger partial charge in [-0.25, -0.2) is 0 Å². The molecule has 3 heteroatoms. The minimum atomic E-state index is 0.568. The Kier molecular flexibility index (Phi) is 4.20. The van der Waals surface area contributed by atoms with Gasteiger partial charge in [0, 0.05) is 30.9 Å². The summed E-state index contributed by atoms with van der Waals surface area (Å²) < 4.78 is 5.50. The van der Waals surface area contributed by atoms with Crippen molar-refractivity contribution in [1.82, 2.24) is 9.88 Å². The molecule has 0 aliphatic carbocycles. The van der Waals surface area contributed by atoms with Gasteiger partial charge in [-0.15, -0.1) is 0 Å². The highest BCUT2D eigenvalue weighted by molar-refractivity contribution is 5.37. The average molecular weight is 282 g/mol. The Morgan fingerprint density at radius 2 is 2.10 bits per heavy atom. The first-order valence-corrected chi connectivity index (χ1v) is 7.53. The van der Waals surface area contributed by atoms with E-state index in [0.29, 0.717) is 5.92 Å². The summed E-state index contributed by atoms with van der Waals surface area (Å²) in [6.45, 7) is 5.31. The van der Waals surface area contributed by atoms with Crippen molar-refractivity contribution in [2.24, 2.45) is 0 Å². The zero-order valence-electron chi connectivity index (χ0n) is 12.7. The summed E-state index contributed by atoms with van der Waals surface area (Å²) in [5.74, 6) is 1.58. The molecule has 2 heterocycles. The molecule has 1 aliphatic rings. The Labute approximate surface area is 126 Å². The summed E-state index contributed by atoms with van der Waals surface area (Å²) in [4.78, 5) is 6.89. The number of pyridine rings is 1. The number of benzene rings is 1. The van der Waals surface area contributed by atoms with Crippen molar-refractivity contribution < 1.29 is 4.74 Å². The van der Waals surface area contributed by atoms with Crippen molar-refractivity contribution in [1.29, 1.82) is 0 Å². The predicted molar refractivity (Wildman–Crippen MR) is 84.6 cm³/mol. The average Bonchev–Trinajstić information content (AvgIpc) is 2.98. The van der Waals surface area contributed by atoms with Crippen LogP contribution < -0.4 is 4.74 Å². The van der Waals surface area contributed by atoms with Crippen molar-refractivity contribution in [2.75, 3.05) is 20.2 Å². The number of likely N-dealkylation sites (tertiary alicyclic amines) is 1. The minimum Gasteiger partial charge on any atom is -0.496 e. The highest BCUT2D eigenvalue weighted by Gasteiger charge is 2.26. The van der Waals surface area contributed by atoms with Crippen LogP contribution in [0.25, 0.3) is 0 Å². The molecule has 0 spiro atoms. The smallest absolute Gasteiger partial charge is 0.122 e. The molecule has 0 unspecified atom stereocenters. The van der Waals surface area contributed by atoms with E-state index in [-0.39, 0.29) is 0 Å². The molecule has 1 aliphatic heterocycles. The zero-order chi connectivity index (χ0) is 14.7. The number of hydrogen-bond donors (Lipinski definition) is 0. The highest BCUT2D eigenvalue weighted by Crippen LogP contribution is 2.33. The van der Waals surface area contributed by atoms with Crippen LogP contribution >= 0.6 is 0 Å². The lowest BCUT2D eigenvalue weighted by Crippen LogP contribution is -2.20. The number of aromatic nitrogens is 1. The summed E-state index contributed by atoms with van der Waals surface area (Å²) in [6.07, 6.45) is 3.06. The summed E-state index contributed by atoms with van der Waals surface area (Å²) in [5, 5.41) is 0. The summed E-state index contributed by atoms with van der Waals surface area (Å²) >= 11 is 0. The number of rotatable bonds is 4. The lowest BCUT2D eigenvalue weighted by atomic mass is 9.97. The SMILES string of the molecule is COc1ccccc1[C@H]1CCN(Cc2cccnc2C)C1. The molecular weight excluding hydrogens is 260 g/mol. The maximum atomic E-state index is 5.50. The first-order chi connectivity index (χ1) is 10.3. The monoisotopic (exact) mass is 282 g/mol.